The minimum atomic E-state index is -4.67. The fraction of sp³-hybridized carbons (Fsp3) is 0.273. The third kappa shape index (κ3) is 5.22. The van der Waals surface area contributed by atoms with Gasteiger partial charge in [-0.2, -0.15) is 23.4 Å². The van der Waals surface area contributed by atoms with Crippen LogP contribution >= 0.6 is 15.9 Å². The summed E-state index contributed by atoms with van der Waals surface area (Å²) in [5, 5.41) is 10.5. The van der Waals surface area contributed by atoms with Gasteiger partial charge in [0.1, 0.15) is 11.4 Å². The smallest absolute Gasteiger partial charge is 0.433 e. The van der Waals surface area contributed by atoms with Gasteiger partial charge in [-0.1, -0.05) is 36.7 Å². The van der Waals surface area contributed by atoms with Crippen molar-refractivity contribution >= 4 is 33.2 Å². The van der Waals surface area contributed by atoms with Gasteiger partial charge < -0.3 is 10.1 Å². The van der Waals surface area contributed by atoms with E-state index < -0.39 is 23.2 Å². The second-order valence-corrected chi connectivity index (χ2v) is 9.44. The van der Waals surface area contributed by atoms with E-state index in [9.17, 15) is 18.0 Å². The maximum Gasteiger partial charge on any atom is 0.433 e. The van der Waals surface area contributed by atoms with Crippen LogP contribution < -0.4 is 10.1 Å². The lowest BCUT2D eigenvalue weighted by Gasteiger charge is -2.19. The van der Waals surface area contributed by atoms with Crippen LogP contribution in [0.25, 0.3) is 5.65 Å². The summed E-state index contributed by atoms with van der Waals surface area (Å²) >= 11 is 3.34. The number of nitrogens with one attached hydrogen (secondary N) is 1. The number of amides is 1. The lowest BCUT2D eigenvalue weighted by atomic mass is 9.91. The summed E-state index contributed by atoms with van der Waals surface area (Å²) in [5.41, 5.74) is -1.32. The molecule has 0 atom stereocenters. The van der Waals surface area contributed by atoms with Crippen molar-refractivity contribution in [3.8, 4) is 5.75 Å². The first-order valence-corrected chi connectivity index (χ1v) is 10.9. The standard InChI is InChI=1S/C22H20BrF3N6O2/c1-21(2,3)17-9-18(22(24,25)26)32-19(29-17)8-16(30-32)20(33)28-14-10-27-31(11-14)12-34-15-6-4-13(23)5-7-15/h4-11H,12H2,1-3H3,(H,28,33). The fourth-order valence-corrected chi connectivity index (χ4v) is 3.30. The molecule has 8 nitrogen and oxygen atoms in total. The molecule has 3 aromatic heterocycles. The summed E-state index contributed by atoms with van der Waals surface area (Å²) in [6, 6.07) is 9.42. The van der Waals surface area contributed by atoms with Gasteiger partial charge in [0.25, 0.3) is 5.91 Å². The number of nitrogens with zero attached hydrogens (tertiary/aromatic N) is 5. The molecular formula is C22H20BrF3N6O2. The van der Waals surface area contributed by atoms with E-state index in [0.717, 1.165) is 10.5 Å². The highest BCUT2D eigenvalue weighted by molar-refractivity contribution is 9.10. The Morgan fingerprint density at radius 1 is 1.15 bits per heavy atom. The minimum Gasteiger partial charge on any atom is -0.471 e. The number of carbonyl (C=O) groups is 1. The van der Waals surface area contributed by atoms with E-state index in [-0.39, 0.29) is 23.8 Å². The highest BCUT2D eigenvalue weighted by atomic mass is 79.9. The number of fused-ring (bicyclic) bond motifs is 1. The van der Waals surface area contributed by atoms with Crippen molar-refractivity contribution in [3.63, 3.8) is 0 Å². The molecular weight excluding hydrogens is 517 g/mol. The zero-order valence-electron chi connectivity index (χ0n) is 18.4. The Morgan fingerprint density at radius 3 is 2.50 bits per heavy atom. The lowest BCUT2D eigenvalue weighted by molar-refractivity contribution is -0.142. The summed E-state index contributed by atoms with van der Waals surface area (Å²) < 4.78 is 49.6. The highest BCUT2D eigenvalue weighted by Crippen LogP contribution is 2.32. The topological polar surface area (TPSA) is 86.3 Å². The number of ether oxygens (including phenoxy) is 1. The molecule has 0 saturated carbocycles. The van der Waals surface area contributed by atoms with Crippen molar-refractivity contribution in [2.75, 3.05) is 5.32 Å². The van der Waals surface area contributed by atoms with Gasteiger partial charge >= 0.3 is 6.18 Å². The van der Waals surface area contributed by atoms with Crippen LogP contribution in [0.15, 0.2) is 53.3 Å². The number of anilines is 1. The summed E-state index contributed by atoms with van der Waals surface area (Å²) in [5.74, 6) is -0.0547. The van der Waals surface area contributed by atoms with Gasteiger partial charge in [-0.25, -0.2) is 14.2 Å². The molecule has 0 fully saturated rings. The van der Waals surface area contributed by atoms with Gasteiger partial charge in [0.2, 0.25) is 0 Å². The molecule has 0 unspecified atom stereocenters. The van der Waals surface area contributed by atoms with Gasteiger partial charge in [-0.15, -0.1) is 0 Å². The molecule has 1 aromatic carbocycles. The summed E-state index contributed by atoms with van der Waals surface area (Å²) in [6.07, 6.45) is -1.74. The minimum absolute atomic E-state index is 0.0662. The normalized spacial score (nSPS) is 12.2. The molecule has 0 radical (unpaired) electrons. The third-order valence-corrected chi connectivity index (χ3v) is 5.32. The number of benzene rings is 1. The average molecular weight is 537 g/mol. The van der Waals surface area contributed by atoms with E-state index >= 15 is 0 Å². The molecule has 1 N–H and O–H groups in total. The second kappa shape index (κ2) is 8.75. The van der Waals surface area contributed by atoms with E-state index in [1.165, 1.54) is 23.1 Å². The number of hydrogen-bond donors (Lipinski definition) is 1. The van der Waals surface area contributed by atoms with Crippen LogP contribution in [0.2, 0.25) is 0 Å². The van der Waals surface area contributed by atoms with Crippen molar-refractivity contribution in [2.24, 2.45) is 0 Å². The van der Waals surface area contributed by atoms with Gasteiger partial charge in [-0.05, 0) is 30.3 Å². The second-order valence-electron chi connectivity index (χ2n) is 8.52. The van der Waals surface area contributed by atoms with Crippen LogP contribution in [0.1, 0.15) is 42.6 Å². The predicted molar refractivity (Wildman–Crippen MR) is 122 cm³/mol. The number of halogens is 4. The Labute approximate surface area is 200 Å². The van der Waals surface area contributed by atoms with Crippen LogP contribution in [-0.4, -0.2) is 30.3 Å². The van der Waals surface area contributed by atoms with Gasteiger partial charge in [0, 0.05) is 16.0 Å². The third-order valence-electron chi connectivity index (χ3n) is 4.79. The lowest BCUT2D eigenvalue weighted by Crippen LogP contribution is -2.20. The van der Waals surface area contributed by atoms with E-state index in [4.69, 9.17) is 4.74 Å². The molecule has 34 heavy (non-hydrogen) atoms. The first kappa shape index (κ1) is 23.7. The van der Waals surface area contributed by atoms with Crippen LogP contribution in [-0.2, 0) is 18.3 Å². The molecule has 0 aliphatic rings. The van der Waals surface area contributed by atoms with Gasteiger partial charge in [-0.3, -0.25) is 4.79 Å². The number of alkyl halides is 3. The SMILES string of the molecule is CC(C)(C)c1cc(C(F)(F)F)n2nc(C(=O)Nc3cnn(COc4ccc(Br)cc4)c3)cc2n1. The maximum absolute atomic E-state index is 13.6. The first-order chi connectivity index (χ1) is 15.9. The van der Waals surface area contributed by atoms with Crippen LogP contribution in [0.4, 0.5) is 18.9 Å². The first-order valence-electron chi connectivity index (χ1n) is 10.1. The highest BCUT2D eigenvalue weighted by Gasteiger charge is 2.36. The van der Waals surface area contributed by atoms with E-state index in [0.29, 0.717) is 16.0 Å². The number of hydrogen-bond acceptors (Lipinski definition) is 5. The molecule has 0 aliphatic heterocycles. The number of carbonyl (C=O) groups excluding carboxylic acids is 1. The van der Waals surface area contributed by atoms with Gasteiger partial charge in [0.15, 0.2) is 18.1 Å². The predicted octanol–water partition coefficient (Wildman–Crippen LogP) is 5.29. The molecule has 178 valence electrons. The summed E-state index contributed by atoms with van der Waals surface area (Å²) in [6.45, 7) is 5.37. The van der Waals surface area contributed by atoms with Crippen molar-refractivity contribution in [3.05, 3.63) is 70.3 Å². The number of rotatable bonds is 5. The van der Waals surface area contributed by atoms with Crippen LogP contribution in [0.5, 0.6) is 5.75 Å². The van der Waals surface area contributed by atoms with Crippen molar-refractivity contribution in [1.82, 2.24) is 24.4 Å². The van der Waals surface area contributed by atoms with E-state index in [1.807, 2.05) is 12.1 Å². The zero-order valence-corrected chi connectivity index (χ0v) is 20.0. The fourth-order valence-electron chi connectivity index (χ4n) is 3.04. The maximum atomic E-state index is 13.6. The molecule has 0 aliphatic carbocycles. The molecule has 0 bridgehead atoms. The van der Waals surface area contributed by atoms with E-state index in [2.05, 4.69) is 36.4 Å². The van der Waals surface area contributed by atoms with Crippen LogP contribution in [0.3, 0.4) is 0 Å². The quantitative estimate of drug-likeness (QED) is 0.374. The Balaban J connectivity index is 1.52. The average Bonchev–Trinajstić information content (AvgIpc) is 3.38. The Hall–Kier alpha value is -3.41. The zero-order chi connectivity index (χ0) is 24.7. The molecule has 1 amide bonds. The molecule has 12 heteroatoms. The molecule has 0 spiro atoms. The molecule has 3 heterocycles. The van der Waals surface area contributed by atoms with Crippen molar-refractivity contribution < 1.29 is 22.7 Å². The van der Waals surface area contributed by atoms with Gasteiger partial charge in [0.05, 0.1) is 23.8 Å². The van der Waals surface area contributed by atoms with Crippen LogP contribution in [0, 0.1) is 0 Å². The number of aromatic nitrogens is 5. The molecule has 4 aromatic rings. The summed E-state index contributed by atoms with van der Waals surface area (Å²) in [4.78, 5) is 17.0. The Bertz CT molecular complexity index is 1340. The monoisotopic (exact) mass is 536 g/mol. The molecule has 0 saturated heterocycles. The summed E-state index contributed by atoms with van der Waals surface area (Å²) in [7, 11) is 0. The Morgan fingerprint density at radius 2 is 1.85 bits per heavy atom. The van der Waals surface area contributed by atoms with Crippen molar-refractivity contribution in [2.45, 2.75) is 39.1 Å². The Kier molecular flexibility index (Phi) is 6.11. The largest absolute Gasteiger partial charge is 0.471 e. The molecule has 4 rings (SSSR count). The van der Waals surface area contributed by atoms with Crippen molar-refractivity contribution in [1.29, 1.82) is 0 Å². The van der Waals surface area contributed by atoms with E-state index in [1.54, 1.807) is 32.9 Å².